The van der Waals surface area contributed by atoms with E-state index in [9.17, 15) is 4.79 Å². The molecule has 0 spiro atoms. The molecule has 0 unspecified atom stereocenters. The molecule has 0 aromatic carbocycles. The summed E-state index contributed by atoms with van der Waals surface area (Å²) in [6.45, 7) is 10.0. The van der Waals surface area contributed by atoms with Gasteiger partial charge in [-0.3, -0.25) is 0 Å². The van der Waals surface area contributed by atoms with Crippen LogP contribution in [0.1, 0.15) is 41.0 Å². The first-order chi connectivity index (χ1) is 7.28. The fourth-order valence-corrected chi connectivity index (χ4v) is 1.76. The zero-order chi connectivity index (χ0) is 12.3. The topological polar surface area (TPSA) is 38.3 Å². The van der Waals surface area contributed by atoms with Gasteiger partial charge in [-0.05, 0) is 39.0 Å². The Labute approximate surface area is 98.2 Å². The molecule has 3 atom stereocenters. The number of ether oxygens (including phenoxy) is 1. The minimum absolute atomic E-state index is 0.112. The fourth-order valence-electron chi connectivity index (χ4n) is 1.76. The third kappa shape index (κ3) is 4.25. The molecule has 0 bridgehead atoms. The first-order valence-electron chi connectivity index (χ1n) is 5.96. The summed E-state index contributed by atoms with van der Waals surface area (Å²) >= 11 is 0. The zero-order valence-electron chi connectivity index (χ0n) is 10.9. The Morgan fingerprint density at radius 1 is 1.31 bits per heavy atom. The molecule has 0 saturated heterocycles. The molecule has 0 aliphatic heterocycles. The standard InChI is InChI=1S/C13H23NO2/c1-9-6-7-11(8-10(9)2)14-12(15)16-13(3,4)5/h6-7,9-11H,8H2,1-5H3,(H,14,15)/t9-,10+,11-/m1/s1. The van der Waals surface area contributed by atoms with E-state index in [4.69, 9.17) is 4.74 Å². The van der Waals surface area contributed by atoms with E-state index in [0.29, 0.717) is 11.8 Å². The van der Waals surface area contributed by atoms with E-state index in [1.165, 1.54) is 0 Å². The van der Waals surface area contributed by atoms with Crippen LogP contribution in [0.4, 0.5) is 4.79 Å². The Morgan fingerprint density at radius 2 is 1.94 bits per heavy atom. The van der Waals surface area contributed by atoms with Crippen LogP contribution in [0, 0.1) is 11.8 Å². The van der Waals surface area contributed by atoms with E-state index in [2.05, 4.69) is 31.3 Å². The van der Waals surface area contributed by atoms with E-state index in [-0.39, 0.29) is 12.1 Å². The van der Waals surface area contributed by atoms with Gasteiger partial charge in [-0.25, -0.2) is 4.79 Å². The van der Waals surface area contributed by atoms with Gasteiger partial charge in [-0.2, -0.15) is 0 Å². The van der Waals surface area contributed by atoms with E-state index < -0.39 is 5.60 Å². The Morgan fingerprint density at radius 3 is 2.44 bits per heavy atom. The van der Waals surface area contributed by atoms with Crippen molar-refractivity contribution >= 4 is 6.09 Å². The molecule has 0 aromatic rings. The quantitative estimate of drug-likeness (QED) is 0.696. The molecular formula is C13H23NO2. The maximum absolute atomic E-state index is 11.5. The molecule has 1 aliphatic rings. The number of carbonyl (C=O) groups is 1. The Kier molecular flexibility index (Phi) is 4.00. The first-order valence-corrected chi connectivity index (χ1v) is 5.96. The second-order valence-corrected chi connectivity index (χ2v) is 5.71. The van der Waals surface area contributed by atoms with Gasteiger partial charge in [0.15, 0.2) is 0 Å². The van der Waals surface area contributed by atoms with Crippen molar-refractivity contribution in [1.29, 1.82) is 0 Å². The van der Waals surface area contributed by atoms with Crippen LogP contribution in [-0.2, 0) is 4.74 Å². The van der Waals surface area contributed by atoms with Crippen molar-refractivity contribution < 1.29 is 9.53 Å². The van der Waals surface area contributed by atoms with Gasteiger partial charge in [-0.15, -0.1) is 0 Å². The second kappa shape index (κ2) is 4.89. The normalized spacial score (nSPS) is 29.9. The van der Waals surface area contributed by atoms with Crippen molar-refractivity contribution in [2.75, 3.05) is 0 Å². The van der Waals surface area contributed by atoms with Crippen molar-refractivity contribution in [3.05, 3.63) is 12.2 Å². The van der Waals surface area contributed by atoms with Crippen LogP contribution in [0.15, 0.2) is 12.2 Å². The maximum Gasteiger partial charge on any atom is 0.408 e. The smallest absolute Gasteiger partial charge is 0.408 e. The Balaban J connectivity index is 2.44. The highest BCUT2D eigenvalue weighted by molar-refractivity contribution is 5.68. The van der Waals surface area contributed by atoms with Gasteiger partial charge in [-0.1, -0.05) is 26.0 Å². The molecule has 16 heavy (non-hydrogen) atoms. The molecular weight excluding hydrogens is 202 g/mol. The molecule has 92 valence electrons. The largest absolute Gasteiger partial charge is 0.444 e. The molecule has 3 nitrogen and oxygen atoms in total. The zero-order valence-corrected chi connectivity index (χ0v) is 10.9. The number of hydrogen-bond acceptors (Lipinski definition) is 2. The van der Waals surface area contributed by atoms with Crippen LogP contribution in [0.3, 0.4) is 0 Å². The van der Waals surface area contributed by atoms with Crippen LogP contribution in [0.25, 0.3) is 0 Å². The number of hydrogen-bond donors (Lipinski definition) is 1. The summed E-state index contributed by atoms with van der Waals surface area (Å²) in [5, 5.41) is 2.88. The lowest BCUT2D eigenvalue weighted by molar-refractivity contribution is 0.0506. The second-order valence-electron chi connectivity index (χ2n) is 5.71. The predicted octanol–water partition coefficient (Wildman–Crippen LogP) is 3.11. The Bertz CT molecular complexity index is 278. The van der Waals surface area contributed by atoms with E-state index in [0.717, 1.165) is 6.42 Å². The highest BCUT2D eigenvalue weighted by Crippen LogP contribution is 2.23. The van der Waals surface area contributed by atoms with Crippen LogP contribution in [0.2, 0.25) is 0 Å². The van der Waals surface area contributed by atoms with Gasteiger partial charge in [0.2, 0.25) is 0 Å². The first kappa shape index (κ1) is 13.1. The fraction of sp³-hybridized carbons (Fsp3) is 0.769. The number of carbonyl (C=O) groups excluding carboxylic acids is 1. The SMILES string of the molecule is C[C@@H]1C=C[C@@H](NC(=O)OC(C)(C)C)C[C@@H]1C. The minimum Gasteiger partial charge on any atom is -0.444 e. The summed E-state index contributed by atoms with van der Waals surface area (Å²) in [5.41, 5.74) is -0.429. The number of nitrogens with one attached hydrogen (secondary N) is 1. The van der Waals surface area contributed by atoms with Gasteiger partial charge in [0, 0.05) is 0 Å². The molecule has 0 aromatic heterocycles. The third-order valence-corrected chi connectivity index (χ3v) is 2.87. The molecule has 1 amide bonds. The van der Waals surface area contributed by atoms with Crippen molar-refractivity contribution in [1.82, 2.24) is 5.32 Å². The molecule has 3 heteroatoms. The van der Waals surface area contributed by atoms with Crippen LogP contribution in [0.5, 0.6) is 0 Å². The van der Waals surface area contributed by atoms with Crippen LogP contribution < -0.4 is 5.32 Å². The summed E-state index contributed by atoms with van der Waals surface area (Å²) in [5.74, 6) is 1.20. The highest BCUT2D eigenvalue weighted by Gasteiger charge is 2.23. The number of rotatable bonds is 1. The van der Waals surface area contributed by atoms with E-state index in [1.807, 2.05) is 20.8 Å². The van der Waals surface area contributed by atoms with Crippen LogP contribution in [-0.4, -0.2) is 17.7 Å². The minimum atomic E-state index is -0.429. The highest BCUT2D eigenvalue weighted by atomic mass is 16.6. The van der Waals surface area contributed by atoms with Crippen molar-refractivity contribution in [3.8, 4) is 0 Å². The predicted molar refractivity (Wildman–Crippen MR) is 65.2 cm³/mol. The maximum atomic E-state index is 11.5. The summed E-state index contributed by atoms with van der Waals surface area (Å²) in [6, 6.07) is 0.112. The number of allylic oxidation sites excluding steroid dienone is 1. The monoisotopic (exact) mass is 225 g/mol. The van der Waals surface area contributed by atoms with Gasteiger partial charge in [0.1, 0.15) is 5.60 Å². The van der Waals surface area contributed by atoms with Crippen molar-refractivity contribution in [2.24, 2.45) is 11.8 Å². The number of amides is 1. The Hall–Kier alpha value is -0.990. The molecule has 1 N–H and O–H groups in total. The average molecular weight is 225 g/mol. The molecule has 0 heterocycles. The van der Waals surface area contributed by atoms with Crippen molar-refractivity contribution in [2.45, 2.75) is 52.7 Å². The van der Waals surface area contributed by atoms with Gasteiger partial charge >= 0.3 is 6.09 Å². The third-order valence-electron chi connectivity index (χ3n) is 2.87. The lowest BCUT2D eigenvalue weighted by Gasteiger charge is -2.28. The molecule has 1 aliphatic carbocycles. The van der Waals surface area contributed by atoms with Gasteiger partial charge < -0.3 is 10.1 Å². The molecule has 0 radical (unpaired) electrons. The van der Waals surface area contributed by atoms with Gasteiger partial charge in [0.25, 0.3) is 0 Å². The van der Waals surface area contributed by atoms with E-state index >= 15 is 0 Å². The summed E-state index contributed by atoms with van der Waals surface area (Å²) in [6.07, 6.45) is 4.88. The molecule has 1 rings (SSSR count). The summed E-state index contributed by atoms with van der Waals surface area (Å²) < 4.78 is 5.22. The molecule has 0 fully saturated rings. The summed E-state index contributed by atoms with van der Waals surface area (Å²) in [7, 11) is 0. The lowest BCUT2D eigenvalue weighted by atomic mass is 9.84. The van der Waals surface area contributed by atoms with Crippen LogP contribution >= 0.6 is 0 Å². The van der Waals surface area contributed by atoms with E-state index in [1.54, 1.807) is 0 Å². The van der Waals surface area contributed by atoms with Crippen molar-refractivity contribution in [3.63, 3.8) is 0 Å². The molecule has 0 saturated carbocycles. The average Bonchev–Trinajstić information content (AvgIpc) is 2.08. The number of alkyl carbamates (subject to hydrolysis) is 1. The summed E-state index contributed by atoms with van der Waals surface area (Å²) in [4.78, 5) is 11.5. The van der Waals surface area contributed by atoms with Gasteiger partial charge in [0.05, 0.1) is 6.04 Å². The lowest BCUT2D eigenvalue weighted by Crippen LogP contribution is -2.40.